The number of hydrogen-bond donors (Lipinski definition) is 0. The number of sulfonamides is 1. The zero-order chi connectivity index (χ0) is 19.6. The van der Waals surface area contributed by atoms with Crippen molar-refractivity contribution in [1.29, 1.82) is 0 Å². The molecule has 1 atom stereocenters. The number of likely N-dealkylation sites (N-methyl/N-ethyl adjacent to an activating group) is 1. The number of ether oxygens (including phenoxy) is 1. The average Bonchev–Trinajstić information content (AvgIpc) is 3.32. The fourth-order valence-corrected chi connectivity index (χ4v) is 5.73. The lowest BCUT2D eigenvalue weighted by Gasteiger charge is -2.26. The maximum absolute atomic E-state index is 13.3. The molecule has 0 radical (unpaired) electrons. The van der Waals surface area contributed by atoms with Crippen LogP contribution in [0, 0.1) is 0 Å². The number of methoxy groups -OCH3 is 1. The maximum Gasteiger partial charge on any atom is 0.246 e. The number of amides is 1. The minimum atomic E-state index is -3.69. The largest absolute Gasteiger partial charge is 0.495 e. The first kappa shape index (κ1) is 20.1. The van der Waals surface area contributed by atoms with Crippen molar-refractivity contribution in [2.75, 3.05) is 44.7 Å². The first-order valence-electron chi connectivity index (χ1n) is 9.65. The summed E-state index contributed by atoms with van der Waals surface area (Å²) in [5, 5.41) is 0. The standard InChI is InChI=1S/C19H29N3O4S/c1-4-20(5-2)16-10-12-21(14-16)27(24,25)18-13-15(8-9-17(18)26-3)22-11-6-7-19(22)23/h8-9,13,16H,4-7,10-12,14H2,1-3H3. The molecule has 0 spiro atoms. The van der Waals surface area contributed by atoms with Crippen LogP contribution in [0.4, 0.5) is 5.69 Å². The van der Waals surface area contributed by atoms with E-state index < -0.39 is 10.0 Å². The average molecular weight is 396 g/mol. The molecule has 0 saturated carbocycles. The summed E-state index contributed by atoms with van der Waals surface area (Å²) in [5.41, 5.74) is 0.622. The van der Waals surface area contributed by atoms with Gasteiger partial charge in [-0.25, -0.2) is 8.42 Å². The first-order chi connectivity index (χ1) is 12.9. The minimum absolute atomic E-state index is 0.0336. The number of carbonyl (C=O) groups excluding carboxylic acids is 1. The van der Waals surface area contributed by atoms with Crippen LogP contribution >= 0.6 is 0 Å². The van der Waals surface area contributed by atoms with E-state index in [1.807, 2.05) is 0 Å². The third-order valence-electron chi connectivity index (χ3n) is 5.60. The Morgan fingerprint density at radius 1 is 1.22 bits per heavy atom. The zero-order valence-electron chi connectivity index (χ0n) is 16.3. The van der Waals surface area contributed by atoms with Crippen LogP contribution in [0.5, 0.6) is 5.75 Å². The van der Waals surface area contributed by atoms with Crippen LogP contribution in [0.25, 0.3) is 0 Å². The topological polar surface area (TPSA) is 70.2 Å². The Morgan fingerprint density at radius 3 is 2.56 bits per heavy atom. The Labute approximate surface area is 161 Å². The van der Waals surface area contributed by atoms with Crippen molar-refractivity contribution in [3.05, 3.63) is 18.2 Å². The fourth-order valence-electron chi connectivity index (χ4n) is 4.06. The summed E-state index contributed by atoms with van der Waals surface area (Å²) in [6, 6.07) is 5.22. The van der Waals surface area contributed by atoms with E-state index in [1.165, 1.54) is 7.11 Å². The molecule has 0 N–H and O–H groups in total. The second kappa shape index (κ2) is 8.16. The molecule has 0 bridgehead atoms. The molecule has 7 nitrogen and oxygen atoms in total. The molecule has 2 aliphatic rings. The lowest BCUT2D eigenvalue weighted by molar-refractivity contribution is -0.117. The zero-order valence-corrected chi connectivity index (χ0v) is 17.2. The monoisotopic (exact) mass is 395 g/mol. The van der Waals surface area contributed by atoms with E-state index in [-0.39, 0.29) is 16.8 Å². The van der Waals surface area contributed by atoms with Crippen molar-refractivity contribution in [3.8, 4) is 5.75 Å². The van der Waals surface area contributed by atoms with E-state index in [9.17, 15) is 13.2 Å². The van der Waals surface area contributed by atoms with E-state index in [0.29, 0.717) is 37.5 Å². The highest BCUT2D eigenvalue weighted by molar-refractivity contribution is 7.89. The smallest absolute Gasteiger partial charge is 0.246 e. The van der Waals surface area contributed by atoms with E-state index in [1.54, 1.807) is 27.4 Å². The third-order valence-corrected chi connectivity index (χ3v) is 7.49. The van der Waals surface area contributed by atoms with Gasteiger partial charge in [0.25, 0.3) is 0 Å². The lowest BCUT2D eigenvalue weighted by Crippen LogP contribution is -2.38. The molecule has 1 aromatic carbocycles. The molecule has 8 heteroatoms. The van der Waals surface area contributed by atoms with Gasteiger partial charge < -0.3 is 9.64 Å². The van der Waals surface area contributed by atoms with Gasteiger partial charge in [0.2, 0.25) is 15.9 Å². The molecule has 1 unspecified atom stereocenters. The molecule has 1 aromatic rings. The van der Waals surface area contributed by atoms with Crippen molar-refractivity contribution < 1.29 is 17.9 Å². The summed E-state index contributed by atoms with van der Waals surface area (Å²) in [6.07, 6.45) is 2.13. The predicted molar refractivity (Wildman–Crippen MR) is 105 cm³/mol. The molecule has 3 rings (SSSR count). The Balaban J connectivity index is 1.90. The molecule has 150 valence electrons. The van der Waals surface area contributed by atoms with Gasteiger partial charge in [0.15, 0.2) is 0 Å². The number of rotatable bonds is 7. The quantitative estimate of drug-likeness (QED) is 0.706. The van der Waals surface area contributed by atoms with E-state index >= 15 is 0 Å². The number of benzene rings is 1. The second-order valence-electron chi connectivity index (χ2n) is 7.01. The van der Waals surface area contributed by atoms with Crippen LogP contribution in [-0.2, 0) is 14.8 Å². The van der Waals surface area contributed by atoms with Crippen LogP contribution in [0.1, 0.15) is 33.1 Å². The minimum Gasteiger partial charge on any atom is -0.495 e. The summed E-state index contributed by atoms with van der Waals surface area (Å²) in [4.78, 5) is 16.2. The van der Waals surface area contributed by atoms with Crippen molar-refractivity contribution in [2.24, 2.45) is 0 Å². The van der Waals surface area contributed by atoms with Crippen LogP contribution in [0.2, 0.25) is 0 Å². The van der Waals surface area contributed by atoms with E-state index in [4.69, 9.17) is 4.74 Å². The fraction of sp³-hybridized carbons (Fsp3) is 0.632. The van der Waals surface area contributed by atoms with Gasteiger partial charge in [-0.3, -0.25) is 9.69 Å². The van der Waals surface area contributed by atoms with Crippen LogP contribution in [0.3, 0.4) is 0 Å². The highest BCUT2D eigenvalue weighted by Crippen LogP contribution is 2.34. The van der Waals surface area contributed by atoms with Gasteiger partial charge in [-0.05, 0) is 44.1 Å². The highest BCUT2D eigenvalue weighted by atomic mass is 32.2. The molecule has 0 aliphatic carbocycles. The lowest BCUT2D eigenvalue weighted by atomic mass is 10.2. The number of carbonyl (C=O) groups is 1. The Morgan fingerprint density at radius 2 is 1.96 bits per heavy atom. The molecular weight excluding hydrogens is 366 g/mol. The van der Waals surface area contributed by atoms with Gasteiger partial charge in [0.1, 0.15) is 10.6 Å². The van der Waals surface area contributed by atoms with Gasteiger partial charge >= 0.3 is 0 Å². The molecule has 2 saturated heterocycles. The Hall–Kier alpha value is -1.64. The first-order valence-corrected chi connectivity index (χ1v) is 11.1. The second-order valence-corrected chi connectivity index (χ2v) is 8.92. The van der Waals surface area contributed by atoms with Crippen molar-refractivity contribution in [2.45, 2.75) is 44.0 Å². The van der Waals surface area contributed by atoms with Crippen molar-refractivity contribution in [1.82, 2.24) is 9.21 Å². The molecule has 2 fully saturated rings. The predicted octanol–water partition coefficient (Wildman–Crippen LogP) is 1.93. The Kier molecular flexibility index (Phi) is 6.08. The highest BCUT2D eigenvalue weighted by Gasteiger charge is 2.36. The SMILES string of the molecule is CCN(CC)C1CCN(S(=O)(=O)c2cc(N3CCCC3=O)ccc2OC)C1. The molecule has 1 amide bonds. The number of anilines is 1. The molecule has 2 aliphatic heterocycles. The number of hydrogen-bond acceptors (Lipinski definition) is 5. The van der Waals surface area contributed by atoms with Crippen LogP contribution in [-0.4, -0.2) is 69.4 Å². The number of nitrogens with zero attached hydrogens (tertiary/aromatic N) is 3. The summed E-state index contributed by atoms with van der Waals surface area (Å²) in [7, 11) is -2.22. The molecule has 2 heterocycles. The van der Waals surface area contributed by atoms with Crippen molar-refractivity contribution >= 4 is 21.6 Å². The molecule has 0 aromatic heterocycles. The summed E-state index contributed by atoms with van der Waals surface area (Å²) < 4.78 is 33.5. The van der Waals surface area contributed by atoms with Gasteiger partial charge in [0.05, 0.1) is 7.11 Å². The maximum atomic E-state index is 13.3. The Bertz CT molecular complexity index is 792. The van der Waals surface area contributed by atoms with Gasteiger partial charge in [-0.1, -0.05) is 13.8 Å². The van der Waals surface area contributed by atoms with E-state index in [0.717, 1.165) is 25.9 Å². The molecular formula is C19H29N3O4S. The van der Waals surface area contributed by atoms with Gasteiger partial charge in [-0.2, -0.15) is 4.31 Å². The summed E-state index contributed by atoms with van der Waals surface area (Å²) >= 11 is 0. The summed E-state index contributed by atoms with van der Waals surface area (Å²) in [6.45, 7) is 7.62. The van der Waals surface area contributed by atoms with Crippen LogP contribution in [0.15, 0.2) is 23.1 Å². The van der Waals surface area contributed by atoms with Crippen LogP contribution < -0.4 is 9.64 Å². The van der Waals surface area contributed by atoms with Gasteiger partial charge in [0, 0.05) is 37.8 Å². The van der Waals surface area contributed by atoms with Crippen molar-refractivity contribution in [3.63, 3.8) is 0 Å². The third kappa shape index (κ3) is 3.83. The normalized spacial score (nSPS) is 21.4. The van der Waals surface area contributed by atoms with E-state index in [2.05, 4.69) is 18.7 Å². The summed E-state index contributed by atoms with van der Waals surface area (Å²) in [5.74, 6) is 0.350. The van der Waals surface area contributed by atoms with Gasteiger partial charge in [-0.15, -0.1) is 0 Å². The molecule has 27 heavy (non-hydrogen) atoms.